The van der Waals surface area contributed by atoms with Crippen LogP contribution >= 0.6 is 16.8 Å². The van der Waals surface area contributed by atoms with Gasteiger partial charge in [-0.15, -0.1) is 0 Å². The van der Waals surface area contributed by atoms with E-state index in [1.54, 1.807) is 6.07 Å². The molecule has 9 heteroatoms. The van der Waals surface area contributed by atoms with Crippen molar-refractivity contribution in [1.29, 1.82) is 0 Å². The first-order valence-corrected chi connectivity index (χ1v) is 18.1. The summed E-state index contributed by atoms with van der Waals surface area (Å²) in [4.78, 5) is 12.9. The highest BCUT2D eigenvalue weighted by molar-refractivity contribution is 7.50. The maximum atomic E-state index is 12.9. The van der Waals surface area contributed by atoms with E-state index >= 15 is 0 Å². The Hall–Kier alpha value is -4.70. The van der Waals surface area contributed by atoms with Crippen molar-refractivity contribution in [2.24, 2.45) is 0 Å². The molecule has 1 aromatic heterocycles. The second kappa shape index (κ2) is 12.4. The number of benzene rings is 5. The summed E-state index contributed by atoms with van der Waals surface area (Å²) < 4.78 is 32.5. The lowest BCUT2D eigenvalue weighted by atomic mass is 9.95. The standard InChI is InChI=1S/C39H37NO6P2/c1-21-13-25(5)35(42-47-40-34-12-10-9-11-29(34)39(41)46-47)30(17-21)31-18-22(2)14-26(6)36(31)43-48-44-37-27(7)15-23(3)19-32(37)33-20-24(4)16-28(8)38(33)45-48/h9-20,40H,1-8H3. The van der Waals surface area contributed by atoms with Crippen LogP contribution in [0.25, 0.3) is 33.1 Å². The summed E-state index contributed by atoms with van der Waals surface area (Å²) in [5.74, 6) is 0.817. The largest absolute Gasteiger partial charge is 0.453 e. The fourth-order valence-electron chi connectivity index (χ4n) is 6.51. The average molecular weight is 678 g/mol. The van der Waals surface area contributed by atoms with Crippen LogP contribution in [-0.4, -0.2) is 5.97 Å². The third-order valence-corrected chi connectivity index (χ3v) is 10.6. The van der Waals surface area contributed by atoms with Gasteiger partial charge in [0.05, 0.1) is 11.3 Å². The summed E-state index contributed by atoms with van der Waals surface area (Å²) in [6.07, 6.45) is 0. The number of aryl methyl sites for hydroxylation is 8. The molecule has 0 saturated heterocycles. The molecule has 1 N–H and O–H groups in total. The first-order valence-electron chi connectivity index (χ1n) is 15.8. The third-order valence-electron chi connectivity index (χ3n) is 8.45. The quantitative estimate of drug-likeness (QED) is 0.182. The number of hydrogen-bond acceptors (Lipinski definition) is 7. The van der Waals surface area contributed by atoms with Gasteiger partial charge in [-0.25, -0.2) is 4.79 Å². The van der Waals surface area contributed by atoms with Gasteiger partial charge in [-0.1, -0.05) is 36.4 Å². The minimum atomic E-state index is -1.93. The Balaban J connectivity index is 1.39. The minimum absolute atomic E-state index is 0.417. The Labute approximate surface area is 282 Å². The van der Waals surface area contributed by atoms with E-state index in [1.807, 2.05) is 32.0 Å². The van der Waals surface area contributed by atoms with E-state index < -0.39 is 22.7 Å². The highest BCUT2D eigenvalue weighted by atomic mass is 31.2. The lowest BCUT2D eigenvalue weighted by Gasteiger charge is -2.26. The molecular formula is C39H37NO6P2. The molecule has 1 aliphatic heterocycles. The third kappa shape index (κ3) is 5.94. The number of para-hydroxylation sites is 1. The van der Waals surface area contributed by atoms with E-state index in [-0.39, 0.29) is 0 Å². The summed E-state index contributed by atoms with van der Waals surface area (Å²) in [7, 11) is -3.73. The predicted molar refractivity (Wildman–Crippen MR) is 195 cm³/mol. The van der Waals surface area contributed by atoms with Gasteiger partial charge >= 0.3 is 22.7 Å². The van der Waals surface area contributed by atoms with Crippen LogP contribution in [0.2, 0.25) is 0 Å². The van der Waals surface area contributed by atoms with Gasteiger partial charge in [-0.3, -0.25) is 5.09 Å². The second-order valence-electron chi connectivity index (χ2n) is 12.7. The Bertz CT molecular complexity index is 2260. The monoisotopic (exact) mass is 677 g/mol. The van der Waals surface area contributed by atoms with Crippen LogP contribution in [0, 0.1) is 55.4 Å². The molecule has 0 radical (unpaired) electrons. The van der Waals surface area contributed by atoms with Gasteiger partial charge in [-0.05, 0) is 136 Å². The van der Waals surface area contributed by atoms with Gasteiger partial charge in [0.2, 0.25) is 0 Å². The summed E-state index contributed by atoms with van der Waals surface area (Å²) in [5.41, 5.74) is 12.6. The fourth-order valence-corrected chi connectivity index (χ4v) is 8.97. The lowest BCUT2D eigenvalue weighted by Crippen LogP contribution is -2.16. The van der Waals surface area contributed by atoms with Gasteiger partial charge in [-0.2, -0.15) is 0 Å². The van der Waals surface area contributed by atoms with Gasteiger partial charge in [0.15, 0.2) is 0 Å². The molecular weight excluding hydrogens is 640 g/mol. The van der Waals surface area contributed by atoms with Gasteiger partial charge in [0.1, 0.15) is 22.7 Å². The zero-order valence-electron chi connectivity index (χ0n) is 28.3. The number of carbonyl (C=O) groups is 1. The van der Waals surface area contributed by atoms with Gasteiger partial charge < -0.3 is 22.0 Å². The molecule has 0 amide bonds. The molecule has 1 aliphatic rings. The van der Waals surface area contributed by atoms with E-state index in [1.165, 1.54) is 0 Å². The lowest BCUT2D eigenvalue weighted by molar-refractivity contribution is 0.0738. The zero-order valence-corrected chi connectivity index (χ0v) is 30.1. The molecule has 1 unspecified atom stereocenters. The Morgan fingerprint density at radius 2 is 1.04 bits per heavy atom. The normalized spacial score (nSPS) is 14.0. The molecule has 0 bridgehead atoms. The molecule has 7 rings (SSSR count). The predicted octanol–water partition coefficient (Wildman–Crippen LogP) is 12.2. The second-order valence-corrected chi connectivity index (χ2v) is 14.8. The Morgan fingerprint density at radius 1 is 0.562 bits per heavy atom. The number of nitrogens with one attached hydrogen (secondary N) is 1. The molecule has 0 aliphatic carbocycles. The molecule has 6 aromatic rings. The first kappa shape index (κ1) is 31.9. The van der Waals surface area contributed by atoms with Crippen LogP contribution in [0.15, 0.2) is 81.2 Å². The van der Waals surface area contributed by atoms with Crippen molar-refractivity contribution >= 4 is 50.4 Å². The average Bonchev–Trinajstić information content (AvgIpc) is 3.17. The van der Waals surface area contributed by atoms with Crippen molar-refractivity contribution in [3.63, 3.8) is 0 Å². The first-order chi connectivity index (χ1) is 22.9. The molecule has 5 aromatic carbocycles. The van der Waals surface area contributed by atoms with Crippen LogP contribution in [0.5, 0.6) is 11.5 Å². The highest BCUT2D eigenvalue weighted by Crippen LogP contribution is 2.51. The number of anilines is 1. The number of carbonyl (C=O) groups excluding carboxylic acids is 1. The SMILES string of the molecule is Cc1cc(C)c(OP2Nc3ccccc3C(=O)O2)c(-c2cc(C)cc(C)c2Op2oc3c(C)cc(C)cc3c3cc(C)cc(C)c3o2)c1. The molecule has 0 saturated carbocycles. The van der Waals surface area contributed by atoms with Crippen molar-refractivity contribution in [3.8, 4) is 22.6 Å². The van der Waals surface area contributed by atoms with Crippen LogP contribution in [0.3, 0.4) is 0 Å². The van der Waals surface area contributed by atoms with E-state index in [9.17, 15) is 4.79 Å². The Morgan fingerprint density at radius 3 is 1.60 bits per heavy atom. The molecule has 244 valence electrons. The maximum Gasteiger partial charge on any atom is 0.453 e. The van der Waals surface area contributed by atoms with E-state index in [4.69, 9.17) is 22.0 Å². The smallest absolute Gasteiger partial charge is 0.422 e. The van der Waals surface area contributed by atoms with Crippen LogP contribution in [-0.2, 0) is 4.52 Å². The molecule has 1 atom stereocenters. The molecule has 0 spiro atoms. The number of fused-ring (bicyclic) bond motifs is 4. The number of hydrogen-bond donors (Lipinski definition) is 1. The molecule has 2 heterocycles. The maximum absolute atomic E-state index is 12.9. The van der Waals surface area contributed by atoms with Crippen molar-refractivity contribution < 1.29 is 26.8 Å². The number of rotatable bonds is 5. The van der Waals surface area contributed by atoms with Crippen LogP contribution in [0.1, 0.15) is 54.9 Å². The van der Waals surface area contributed by atoms with Crippen LogP contribution < -0.4 is 14.1 Å². The summed E-state index contributed by atoms with van der Waals surface area (Å²) >= 11 is 0. The van der Waals surface area contributed by atoms with Gasteiger partial charge in [0, 0.05) is 21.9 Å². The van der Waals surface area contributed by atoms with E-state index in [0.29, 0.717) is 22.7 Å². The molecule has 48 heavy (non-hydrogen) atoms. The minimum Gasteiger partial charge on any atom is -0.422 e. The van der Waals surface area contributed by atoms with Crippen LogP contribution in [0.4, 0.5) is 5.69 Å². The van der Waals surface area contributed by atoms with E-state index in [0.717, 1.165) is 77.6 Å². The summed E-state index contributed by atoms with van der Waals surface area (Å²) in [5, 5.41) is 5.26. The summed E-state index contributed by atoms with van der Waals surface area (Å²) in [6, 6.07) is 24.1. The van der Waals surface area contributed by atoms with Crippen molar-refractivity contribution in [1.82, 2.24) is 0 Å². The van der Waals surface area contributed by atoms with Crippen molar-refractivity contribution in [3.05, 3.63) is 123 Å². The van der Waals surface area contributed by atoms with Gasteiger partial charge in [0.25, 0.3) is 0 Å². The fraction of sp³-hybridized carbons (Fsp3) is 0.205. The Kier molecular flexibility index (Phi) is 8.23. The summed E-state index contributed by atoms with van der Waals surface area (Å²) in [6.45, 7) is 16.4. The zero-order chi connectivity index (χ0) is 33.9. The van der Waals surface area contributed by atoms with Crippen molar-refractivity contribution in [2.75, 3.05) is 5.09 Å². The van der Waals surface area contributed by atoms with E-state index in [2.05, 4.69) is 95.2 Å². The highest BCUT2D eigenvalue weighted by Gasteiger charge is 2.31. The molecule has 0 fully saturated rings. The topological polar surface area (TPSA) is 83.1 Å². The van der Waals surface area contributed by atoms with Crippen molar-refractivity contribution in [2.45, 2.75) is 55.4 Å². The molecule has 7 nitrogen and oxygen atoms in total.